The molecule has 0 atom stereocenters. The minimum atomic E-state index is -0.424. The molecule has 0 N–H and O–H groups in total. The Morgan fingerprint density at radius 3 is 1.12 bits per heavy atom. The van der Waals surface area contributed by atoms with Gasteiger partial charge in [0.05, 0.1) is 0 Å². The topological polar surface area (TPSA) is 89.5 Å². The Balaban J connectivity index is 0.692. The van der Waals surface area contributed by atoms with Crippen molar-refractivity contribution in [2.75, 3.05) is 13.2 Å². The fourth-order valence-corrected chi connectivity index (χ4v) is 17.7. The Hall–Kier alpha value is -1.33. The van der Waals surface area contributed by atoms with Crippen LogP contribution in [0, 0.1) is 68.8 Å². The van der Waals surface area contributed by atoms with Crippen molar-refractivity contribution in [2.24, 2.45) is 47.3 Å². The molecular formula is C52H54I5O8-. The standard InChI is InChI=1S/C52H54I5O8/c1-3-51(33-15-29-13-30(17-33)18-34(51)16-29)64-49(58)27-60-45-23-43(55)47(25-41(45)53)62-39-9-5-37(6-10-39)57-38-7-11-40(12-8-38)63-48-26-42(54)46(24-44(48)56)61-28-50(59)65-52(4-2)35-19-31-14-32(21-35)22-36(52)20-31/h5-12,23-26,29-36H,3-4,13-22,27-28H2,1-2H3/q-1. The Bertz CT molecular complexity index is 2200. The fraction of sp³-hybridized carbons (Fsp3) is 0.500. The molecule has 0 aliphatic heterocycles. The van der Waals surface area contributed by atoms with E-state index in [1.807, 2.05) is 48.5 Å². The predicted octanol–water partition coefficient (Wildman–Crippen LogP) is 10.9. The Morgan fingerprint density at radius 1 is 0.492 bits per heavy atom. The predicted molar refractivity (Wildman–Crippen MR) is 277 cm³/mol. The van der Waals surface area contributed by atoms with Gasteiger partial charge >= 0.3 is 284 Å². The monoisotopic (exact) mass is 1440 g/mol. The molecule has 4 aromatic carbocycles. The second-order valence-electron chi connectivity index (χ2n) is 19.4. The van der Waals surface area contributed by atoms with E-state index >= 15 is 0 Å². The van der Waals surface area contributed by atoms with Crippen LogP contribution in [0.25, 0.3) is 0 Å². The summed E-state index contributed by atoms with van der Waals surface area (Å²) >= 11 is 8.61. The van der Waals surface area contributed by atoms with Crippen molar-refractivity contribution in [3.05, 3.63) is 94.2 Å². The van der Waals surface area contributed by atoms with Gasteiger partial charge in [0.25, 0.3) is 0 Å². The largest absolute Gasteiger partial charge is 0.0475 e. The zero-order chi connectivity index (χ0) is 45.0. The smallest absolute Gasteiger partial charge is 0.000429 e. The molecule has 0 unspecified atom stereocenters. The van der Waals surface area contributed by atoms with Crippen molar-refractivity contribution < 1.29 is 59.2 Å². The molecule has 0 radical (unpaired) electrons. The summed E-state index contributed by atoms with van der Waals surface area (Å²) in [5, 5.41) is 0. The van der Waals surface area contributed by atoms with E-state index in [-0.39, 0.29) is 36.4 Å². The summed E-state index contributed by atoms with van der Waals surface area (Å²) in [6.07, 6.45) is 14.2. The molecule has 65 heavy (non-hydrogen) atoms. The second kappa shape index (κ2) is 19.8. The minimum Gasteiger partial charge on any atom is -0.0475 e. The Kier molecular flexibility index (Phi) is 14.4. The van der Waals surface area contributed by atoms with Gasteiger partial charge < -0.3 is 9.47 Å². The summed E-state index contributed by atoms with van der Waals surface area (Å²) in [6.45, 7) is 4.20. The summed E-state index contributed by atoms with van der Waals surface area (Å²) in [5.41, 5.74) is -0.635. The third kappa shape index (κ3) is 9.90. The molecule has 0 heterocycles. The molecule has 12 rings (SSSR count). The molecule has 4 aromatic rings. The van der Waals surface area contributed by atoms with Crippen LogP contribution in [0.15, 0.2) is 72.8 Å². The van der Waals surface area contributed by atoms with Gasteiger partial charge in [0.15, 0.2) is 0 Å². The first-order chi connectivity index (χ1) is 31.4. The number of rotatable bonds is 16. The van der Waals surface area contributed by atoms with E-state index in [0.717, 1.165) is 73.8 Å². The van der Waals surface area contributed by atoms with Gasteiger partial charge in [0.2, 0.25) is 0 Å². The van der Waals surface area contributed by atoms with E-state index in [9.17, 15) is 9.59 Å². The average Bonchev–Trinajstić information content (AvgIpc) is 3.28. The molecule has 13 heteroatoms. The molecule has 0 saturated heterocycles. The van der Waals surface area contributed by atoms with Gasteiger partial charge in [-0.05, 0) is 124 Å². The number of carbonyl (C=O) groups excluding carboxylic acids is 2. The molecule has 8 bridgehead atoms. The van der Waals surface area contributed by atoms with Crippen LogP contribution in [0.4, 0.5) is 0 Å². The van der Waals surface area contributed by atoms with E-state index in [1.54, 1.807) is 0 Å². The molecule has 8 fully saturated rings. The van der Waals surface area contributed by atoms with Crippen LogP contribution in [0.3, 0.4) is 0 Å². The van der Waals surface area contributed by atoms with E-state index in [0.29, 0.717) is 35.2 Å². The number of hydrogen-bond donors (Lipinski definition) is 0. The molecule has 8 saturated carbocycles. The third-order valence-corrected chi connectivity index (χ3v) is 21.8. The van der Waals surface area contributed by atoms with Crippen LogP contribution in [0.2, 0.25) is 0 Å². The number of hydrogen-bond acceptors (Lipinski definition) is 8. The molecule has 0 spiro atoms. The van der Waals surface area contributed by atoms with Crippen molar-refractivity contribution in [2.45, 2.75) is 102 Å². The van der Waals surface area contributed by atoms with Crippen LogP contribution in [-0.4, -0.2) is 36.4 Å². The summed E-state index contributed by atoms with van der Waals surface area (Å²) in [6, 6.07) is 24.4. The molecule has 0 aromatic heterocycles. The maximum absolute atomic E-state index is 13.2. The third-order valence-electron chi connectivity index (χ3n) is 15.7. The fourth-order valence-electron chi connectivity index (χ4n) is 13.3. The number of esters is 2. The first-order valence-electron chi connectivity index (χ1n) is 23.3. The number of ether oxygens (including phenoxy) is 6. The quantitative estimate of drug-likeness (QED) is 0.0810. The molecule has 0 amide bonds. The molecule has 346 valence electrons. The van der Waals surface area contributed by atoms with Crippen LogP contribution in [-0.2, 0) is 19.1 Å². The first-order valence-corrected chi connectivity index (χ1v) is 29.7. The van der Waals surface area contributed by atoms with Crippen LogP contribution < -0.4 is 40.2 Å². The van der Waals surface area contributed by atoms with Crippen LogP contribution in [0.5, 0.6) is 34.5 Å². The van der Waals surface area contributed by atoms with Gasteiger partial charge in [-0.3, -0.25) is 0 Å². The van der Waals surface area contributed by atoms with E-state index in [1.165, 1.54) is 71.3 Å². The zero-order valence-corrected chi connectivity index (χ0v) is 47.4. The SMILES string of the molecule is CCC1(OC(=O)COc2cc(I)c(Oc3ccc([I-]c4ccc(Oc5cc(I)c(OCC(=O)OC6(CC)C7CC8CC(C7)CC6C8)cc5I)cc4)cc3)cc2I)C2CC3CC(C2)CC1C3. The van der Waals surface area contributed by atoms with E-state index < -0.39 is 21.2 Å². The summed E-state index contributed by atoms with van der Waals surface area (Å²) in [7, 11) is 0. The van der Waals surface area contributed by atoms with Crippen molar-refractivity contribution in [3.8, 4) is 34.5 Å². The van der Waals surface area contributed by atoms with E-state index in [4.69, 9.17) is 28.4 Å². The van der Waals surface area contributed by atoms with E-state index in [2.05, 4.69) is 128 Å². The van der Waals surface area contributed by atoms with Gasteiger partial charge in [-0.15, -0.1) is 0 Å². The zero-order valence-electron chi connectivity index (χ0n) is 36.6. The van der Waals surface area contributed by atoms with Crippen molar-refractivity contribution in [1.29, 1.82) is 0 Å². The maximum Gasteiger partial charge on any atom is -0.000429 e. The van der Waals surface area contributed by atoms with Gasteiger partial charge in [0, 0.05) is 0 Å². The maximum atomic E-state index is 13.2. The number of carbonyl (C=O) groups is 2. The van der Waals surface area contributed by atoms with Gasteiger partial charge in [-0.1, -0.05) is 13.8 Å². The Labute approximate surface area is 447 Å². The van der Waals surface area contributed by atoms with Crippen LogP contribution in [0.1, 0.15) is 90.9 Å². The summed E-state index contributed by atoms with van der Waals surface area (Å²) in [4.78, 5) is 26.5. The molecular weight excluding hydrogens is 1390 g/mol. The van der Waals surface area contributed by atoms with Gasteiger partial charge in [0.1, 0.15) is 11.2 Å². The van der Waals surface area contributed by atoms with Gasteiger partial charge in [-0.2, -0.15) is 0 Å². The van der Waals surface area contributed by atoms with Crippen molar-refractivity contribution >= 4 is 102 Å². The molecule has 8 aliphatic carbocycles. The molecule has 8 nitrogen and oxygen atoms in total. The normalized spacial score (nSPS) is 30.3. The second-order valence-corrected chi connectivity index (χ2v) is 27.1. The van der Waals surface area contributed by atoms with Crippen molar-refractivity contribution in [3.63, 3.8) is 0 Å². The first kappa shape index (κ1) is 47.4. The molecule has 8 aliphatic rings. The van der Waals surface area contributed by atoms with Crippen LogP contribution >= 0.6 is 90.4 Å². The minimum absolute atomic E-state index is 0.0920. The summed E-state index contributed by atoms with van der Waals surface area (Å²) in [5.74, 6) is 9.08. The van der Waals surface area contributed by atoms with Gasteiger partial charge in [-0.25, -0.2) is 9.59 Å². The number of halogens is 5. The Morgan fingerprint density at radius 2 is 0.800 bits per heavy atom. The average molecular weight is 1440 g/mol. The van der Waals surface area contributed by atoms with Crippen molar-refractivity contribution in [1.82, 2.24) is 0 Å². The summed E-state index contributed by atoms with van der Waals surface area (Å²) < 4.78 is 43.7. The number of benzene rings is 4.